The zero-order chi connectivity index (χ0) is 10.8. The van der Waals surface area contributed by atoms with Crippen LogP contribution in [0.4, 0.5) is 0 Å². The summed E-state index contributed by atoms with van der Waals surface area (Å²) in [6, 6.07) is 0.422. The number of carbonyl (C=O) groups is 1. The van der Waals surface area contributed by atoms with Crippen molar-refractivity contribution in [3.63, 3.8) is 0 Å². The first-order valence-electron chi connectivity index (χ1n) is 5.79. The van der Waals surface area contributed by atoms with Crippen LogP contribution in [0.5, 0.6) is 0 Å². The van der Waals surface area contributed by atoms with E-state index in [1.807, 2.05) is 4.90 Å². The maximum Gasteiger partial charge on any atom is 0.250 e. The summed E-state index contributed by atoms with van der Waals surface area (Å²) in [6.07, 6.45) is 5.25. The third-order valence-corrected chi connectivity index (χ3v) is 3.22. The van der Waals surface area contributed by atoms with Crippen LogP contribution in [0.2, 0.25) is 0 Å². The molecule has 0 spiro atoms. The molecule has 0 N–H and O–H groups in total. The maximum atomic E-state index is 12.2. The van der Waals surface area contributed by atoms with E-state index in [0.29, 0.717) is 13.2 Å². The number of morpholine rings is 1. The van der Waals surface area contributed by atoms with Gasteiger partial charge in [-0.3, -0.25) is 4.79 Å². The molecule has 1 aliphatic heterocycles. The minimum Gasteiger partial charge on any atom is -0.377 e. The monoisotopic (exact) mass is 209 g/mol. The van der Waals surface area contributed by atoms with Crippen LogP contribution in [0.25, 0.3) is 0 Å². The van der Waals surface area contributed by atoms with Gasteiger partial charge in [0, 0.05) is 5.57 Å². The fourth-order valence-electron chi connectivity index (χ4n) is 2.44. The molecule has 3 nitrogen and oxygen atoms in total. The molecule has 1 amide bonds. The van der Waals surface area contributed by atoms with Gasteiger partial charge < -0.3 is 9.64 Å². The normalized spacial score (nSPS) is 31.6. The van der Waals surface area contributed by atoms with Crippen molar-refractivity contribution in [2.75, 3.05) is 13.2 Å². The topological polar surface area (TPSA) is 29.5 Å². The largest absolute Gasteiger partial charge is 0.377 e. The predicted molar refractivity (Wildman–Crippen MR) is 58.5 cm³/mol. The third kappa shape index (κ3) is 2.07. The number of carbonyl (C=O) groups excluding carboxylic acids is 1. The van der Waals surface area contributed by atoms with Crippen molar-refractivity contribution in [2.45, 2.75) is 45.2 Å². The zero-order valence-electron chi connectivity index (χ0n) is 9.53. The van der Waals surface area contributed by atoms with E-state index in [1.165, 1.54) is 0 Å². The highest BCUT2D eigenvalue weighted by Crippen LogP contribution is 2.23. The van der Waals surface area contributed by atoms with Crippen molar-refractivity contribution in [3.8, 4) is 0 Å². The molecule has 2 aliphatic rings. The number of hydrogen-bond donors (Lipinski definition) is 0. The first kappa shape index (κ1) is 10.7. The molecular weight excluding hydrogens is 190 g/mol. The minimum absolute atomic E-state index is 0.211. The fourth-order valence-corrected chi connectivity index (χ4v) is 2.44. The molecule has 1 heterocycles. The van der Waals surface area contributed by atoms with Crippen molar-refractivity contribution in [3.05, 3.63) is 11.6 Å². The number of hydrogen-bond acceptors (Lipinski definition) is 2. The van der Waals surface area contributed by atoms with Gasteiger partial charge in [-0.25, -0.2) is 0 Å². The van der Waals surface area contributed by atoms with Crippen LogP contribution < -0.4 is 0 Å². The van der Waals surface area contributed by atoms with Gasteiger partial charge in [0.15, 0.2) is 0 Å². The summed E-state index contributed by atoms with van der Waals surface area (Å²) < 4.78 is 5.42. The Morgan fingerprint density at radius 2 is 2.07 bits per heavy atom. The first-order chi connectivity index (χ1) is 7.20. The van der Waals surface area contributed by atoms with Gasteiger partial charge in [0.1, 0.15) is 0 Å². The molecule has 0 bridgehead atoms. The van der Waals surface area contributed by atoms with Crippen LogP contribution in [0.3, 0.4) is 0 Å². The second-order valence-corrected chi connectivity index (χ2v) is 4.57. The SMILES string of the molecule is CC1COCC(C)N1C(=O)C1=CCCC1. The van der Waals surface area contributed by atoms with Gasteiger partial charge in [-0.2, -0.15) is 0 Å². The number of rotatable bonds is 1. The molecule has 0 radical (unpaired) electrons. The van der Waals surface area contributed by atoms with Crippen molar-refractivity contribution in [1.29, 1.82) is 0 Å². The zero-order valence-corrected chi connectivity index (χ0v) is 9.53. The molecule has 0 aromatic heterocycles. The molecule has 1 fully saturated rings. The van der Waals surface area contributed by atoms with Crippen molar-refractivity contribution < 1.29 is 9.53 Å². The molecular formula is C12H19NO2. The van der Waals surface area contributed by atoms with Gasteiger partial charge in [0.05, 0.1) is 25.3 Å². The van der Waals surface area contributed by atoms with Gasteiger partial charge in [-0.15, -0.1) is 0 Å². The smallest absolute Gasteiger partial charge is 0.250 e. The quantitative estimate of drug-likeness (QED) is 0.658. The molecule has 0 aromatic carbocycles. The highest BCUT2D eigenvalue weighted by molar-refractivity contribution is 5.94. The average Bonchev–Trinajstić information content (AvgIpc) is 2.69. The summed E-state index contributed by atoms with van der Waals surface area (Å²) in [4.78, 5) is 14.2. The van der Waals surface area contributed by atoms with E-state index in [1.54, 1.807) is 0 Å². The average molecular weight is 209 g/mol. The van der Waals surface area contributed by atoms with Crippen LogP contribution in [-0.4, -0.2) is 36.1 Å². The molecule has 1 saturated heterocycles. The Hall–Kier alpha value is -0.830. The van der Waals surface area contributed by atoms with E-state index < -0.39 is 0 Å². The first-order valence-corrected chi connectivity index (χ1v) is 5.79. The van der Waals surface area contributed by atoms with E-state index in [0.717, 1.165) is 24.8 Å². The Morgan fingerprint density at radius 1 is 1.40 bits per heavy atom. The van der Waals surface area contributed by atoms with Gasteiger partial charge in [-0.05, 0) is 33.1 Å². The van der Waals surface area contributed by atoms with E-state index in [9.17, 15) is 4.79 Å². The van der Waals surface area contributed by atoms with Crippen molar-refractivity contribution in [2.24, 2.45) is 0 Å². The number of nitrogens with zero attached hydrogens (tertiary/aromatic N) is 1. The Bertz CT molecular complexity index is 275. The van der Waals surface area contributed by atoms with E-state index >= 15 is 0 Å². The fraction of sp³-hybridized carbons (Fsp3) is 0.750. The predicted octanol–water partition coefficient (Wildman–Crippen LogP) is 1.73. The lowest BCUT2D eigenvalue weighted by Crippen LogP contribution is -2.52. The van der Waals surface area contributed by atoms with Gasteiger partial charge in [0.2, 0.25) is 5.91 Å². The molecule has 2 rings (SSSR count). The van der Waals surface area contributed by atoms with E-state index in [4.69, 9.17) is 4.74 Å². The maximum absolute atomic E-state index is 12.2. The van der Waals surface area contributed by atoms with E-state index in [2.05, 4.69) is 19.9 Å². The molecule has 2 atom stereocenters. The number of ether oxygens (including phenoxy) is 1. The molecule has 3 heteroatoms. The summed E-state index contributed by atoms with van der Waals surface area (Å²) >= 11 is 0. The standard InChI is InChI=1S/C12H19NO2/c1-9-7-15-8-10(2)13(9)12(14)11-5-3-4-6-11/h5,9-10H,3-4,6-8H2,1-2H3. The second-order valence-electron chi connectivity index (χ2n) is 4.57. The van der Waals surface area contributed by atoms with Gasteiger partial charge in [-0.1, -0.05) is 6.08 Å². The molecule has 2 unspecified atom stereocenters. The van der Waals surface area contributed by atoms with Crippen molar-refractivity contribution >= 4 is 5.91 Å². The third-order valence-electron chi connectivity index (χ3n) is 3.22. The minimum atomic E-state index is 0.211. The number of allylic oxidation sites excluding steroid dienone is 1. The summed E-state index contributed by atoms with van der Waals surface area (Å²) in [5, 5.41) is 0. The Labute approximate surface area is 91.1 Å². The molecule has 84 valence electrons. The molecule has 1 aliphatic carbocycles. The van der Waals surface area contributed by atoms with Crippen LogP contribution in [0.1, 0.15) is 33.1 Å². The lowest BCUT2D eigenvalue weighted by atomic mass is 10.1. The summed E-state index contributed by atoms with van der Waals surface area (Å²) in [7, 11) is 0. The van der Waals surface area contributed by atoms with Crippen LogP contribution in [0.15, 0.2) is 11.6 Å². The Kier molecular flexibility index (Phi) is 3.10. The Balaban J connectivity index is 2.09. The summed E-state index contributed by atoms with van der Waals surface area (Å²) in [5.41, 5.74) is 1.01. The molecule has 15 heavy (non-hydrogen) atoms. The van der Waals surface area contributed by atoms with Gasteiger partial charge >= 0.3 is 0 Å². The van der Waals surface area contributed by atoms with Crippen LogP contribution in [0, 0.1) is 0 Å². The molecule has 0 saturated carbocycles. The highest BCUT2D eigenvalue weighted by Gasteiger charge is 2.31. The number of amides is 1. The van der Waals surface area contributed by atoms with E-state index in [-0.39, 0.29) is 18.0 Å². The summed E-state index contributed by atoms with van der Waals surface area (Å²) in [6.45, 7) is 5.46. The lowest BCUT2D eigenvalue weighted by molar-refractivity contribution is -0.139. The van der Waals surface area contributed by atoms with Crippen LogP contribution in [-0.2, 0) is 9.53 Å². The van der Waals surface area contributed by atoms with Crippen molar-refractivity contribution in [1.82, 2.24) is 4.90 Å². The van der Waals surface area contributed by atoms with Gasteiger partial charge in [0.25, 0.3) is 0 Å². The summed E-state index contributed by atoms with van der Waals surface area (Å²) in [5.74, 6) is 0.232. The van der Waals surface area contributed by atoms with Crippen LogP contribution >= 0.6 is 0 Å². The second kappa shape index (κ2) is 4.35. The highest BCUT2D eigenvalue weighted by atomic mass is 16.5. The Morgan fingerprint density at radius 3 is 2.60 bits per heavy atom. The lowest BCUT2D eigenvalue weighted by Gasteiger charge is -2.39. The molecule has 0 aromatic rings.